The molecule has 0 radical (unpaired) electrons. The van der Waals surface area contributed by atoms with Crippen molar-refractivity contribution in [3.63, 3.8) is 0 Å². The number of piperidine rings is 1. The SMILES string of the molecule is CCC(=O)Nc1nc2ccc(CCC(=O)N3CCC(C)CC3)cc2s1. The molecular formula is C19H25N3O2S. The van der Waals surface area contributed by atoms with Crippen LogP contribution in [0.3, 0.4) is 0 Å². The highest BCUT2D eigenvalue weighted by molar-refractivity contribution is 7.22. The average Bonchev–Trinajstić information content (AvgIpc) is 3.01. The van der Waals surface area contributed by atoms with Crippen LogP contribution in [-0.2, 0) is 16.0 Å². The van der Waals surface area contributed by atoms with Crippen LogP contribution in [0.15, 0.2) is 18.2 Å². The molecule has 0 spiro atoms. The molecule has 2 heterocycles. The van der Waals surface area contributed by atoms with Crippen LogP contribution in [0.2, 0.25) is 0 Å². The number of anilines is 1. The Bertz CT molecular complexity index is 763. The normalized spacial score (nSPS) is 15.5. The van der Waals surface area contributed by atoms with Crippen molar-refractivity contribution in [2.45, 2.75) is 46.0 Å². The van der Waals surface area contributed by atoms with E-state index in [0.717, 1.165) is 54.0 Å². The predicted molar refractivity (Wildman–Crippen MR) is 102 cm³/mol. The molecule has 0 aliphatic carbocycles. The van der Waals surface area contributed by atoms with Crippen molar-refractivity contribution in [3.05, 3.63) is 23.8 Å². The van der Waals surface area contributed by atoms with E-state index in [9.17, 15) is 9.59 Å². The number of hydrogen-bond acceptors (Lipinski definition) is 4. The number of carbonyl (C=O) groups is 2. The van der Waals surface area contributed by atoms with Crippen LogP contribution < -0.4 is 5.32 Å². The fraction of sp³-hybridized carbons (Fsp3) is 0.526. The molecule has 0 bridgehead atoms. The summed E-state index contributed by atoms with van der Waals surface area (Å²) in [5.41, 5.74) is 2.03. The summed E-state index contributed by atoms with van der Waals surface area (Å²) in [6, 6.07) is 6.08. The van der Waals surface area contributed by atoms with Crippen LogP contribution in [0.1, 0.15) is 45.1 Å². The monoisotopic (exact) mass is 359 g/mol. The quantitative estimate of drug-likeness (QED) is 0.882. The van der Waals surface area contributed by atoms with E-state index in [4.69, 9.17) is 0 Å². The molecule has 1 aliphatic rings. The summed E-state index contributed by atoms with van der Waals surface area (Å²) in [7, 11) is 0. The van der Waals surface area contributed by atoms with Crippen molar-refractivity contribution < 1.29 is 9.59 Å². The van der Waals surface area contributed by atoms with E-state index < -0.39 is 0 Å². The zero-order valence-corrected chi connectivity index (χ0v) is 15.7. The summed E-state index contributed by atoms with van der Waals surface area (Å²) >= 11 is 1.48. The van der Waals surface area contributed by atoms with Gasteiger partial charge in [0.25, 0.3) is 0 Å². The number of aryl methyl sites for hydroxylation is 1. The number of nitrogens with one attached hydrogen (secondary N) is 1. The highest BCUT2D eigenvalue weighted by Crippen LogP contribution is 2.27. The molecule has 1 aromatic carbocycles. The van der Waals surface area contributed by atoms with E-state index >= 15 is 0 Å². The molecule has 0 atom stereocenters. The van der Waals surface area contributed by atoms with Crippen molar-refractivity contribution in [2.24, 2.45) is 5.92 Å². The van der Waals surface area contributed by atoms with E-state index in [1.165, 1.54) is 11.3 Å². The summed E-state index contributed by atoms with van der Waals surface area (Å²) in [4.78, 5) is 30.3. The Kier molecular flexibility index (Phi) is 5.68. The topological polar surface area (TPSA) is 62.3 Å². The van der Waals surface area contributed by atoms with Crippen molar-refractivity contribution in [1.29, 1.82) is 0 Å². The molecule has 134 valence electrons. The molecule has 1 saturated heterocycles. The lowest BCUT2D eigenvalue weighted by molar-refractivity contribution is -0.132. The molecule has 6 heteroatoms. The number of nitrogens with zero attached hydrogens (tertiary/aromatic N) is 2. The third-order valence-corrected chi connectivity index (χ3v) is 5.72. The lowest BCUT2D eigenvalue weighted by atomic mass is 9.98. The zero-order valence-electron chi connectivity index (χ0n) is 14.9. The van der Waals surface area contributed by atoms with Crippen molar-refractivity contribution >= 4 is 38.5 Å². The van der Waals surface area contributed by atoms with E-state index in [2.05, 4.69) is 23.3 Å². The third-order valence-electron chi connectivity index (χ3n) is 4.78. The minimum absolute atomic E-state index is 0.0271. The second kappa shape index (κ2) is 7.95. The fourth-order valence-electron chi connectivity index (χ4n) is 3.05. The van der Waals surface area contributed by atoms with Gasteiger partial charge in [-0.2, -0.15) is 0 Å². The Labute approximate surface area is 152 Å². The summed E-state index contributed by atoms with van der Waals surface area (Å²) in [5.74, 6) is 0.966. The fourth-order valence-corrected chi connectivity index (χ4v) is 4.00. The van der Waals surface area contributed by atoms with E-state index in [-0.39, 0.29) is 11.8 Å². The van der Waals surface area contributed by atoms with E-state index in [0.29, 0.717) is 18.0 Å². The van der Waals surface area contributed by atoms with Crippen molar-refractivity contribution in [1.82, 2.24) is 9.88 Å². The van der Waals surface area contributed by atoms with Gasteiger partial charge in [-0.05, 0) is 42.9 Å². The molecule has 3 rings (SSSR count). The molecule has 25 heavy (non-hydrogen) atoms. The minimum atomic E-state index is -0.0271. The first-order valence-electron chi connectivity index (χ1n) is 9.02. The number of amides is 2. The maximum Gasteiger partial charge on any atom is 0.225 e. The molecule has 2 amide bonds. The zero-order chi connectivity index (χ0) is 17.8. The molecule has 2 aromatic rings. The van der Waals surface area contributed by atoms with Crippen LogP contribution in [0.5, 0.6) is 0 Å². The number of fused-ring (bicyclic) bond motifs is 1. The highest BCUT2D eigenvalue weighted by atomic mass is 32.1. The van der Waals surface area contributed by atoms with Crippen LogP contribution >= 0.6 is 11.3 Å². The molecule has 1 aromatic heterocycles. The maximum absolute atomic E-state index is 12.4. The van der Waals surface area contributed by atoms with Gasteiger partial charge in [0.05, 0.1) is 10.2 Å². The number of rotatable bonds is 5. The third kappa shape index (κ3) is 4.57. The van der Waals surface area contributed by atoms with Gasteiger partial charge >= 0.3 is 0 Å². The number of hydrogen-bond donors (Lipinski definition) is 1. The first-order valence-corrected chi connectivity index (χ1v) is 9.84. The average molecular weight is 359 g/mol. The Morgan fingerprint density at radius 3 is 2.80 bits per heavy atom. The van der Waals surface area contributed by atoms with Crippen molar-refractivity contribution in [3.8, 4) is 0 Å². The number of aromatic nitrogens is 1. The van der Waals surface area contributed by atoms with Crippen LogP contribution in [-0.4, -0.2) is 34.8 Å². The number of thiazole rings is 1. The summed E-state index contributed by atoms with van der Waals surface area (Å²) in [6.45, 7) is 5.87. The molecule has 1 fully saturated rings. The van der Waals surface area contributed by atoms with Gasteiger partial charge in [0.2, 0.25) is 11.8 Å². The first kappa shape index (κ1) is 17.9. The van der Waals surface area contributed by atoms with Crippen LogP contribution in [0.4, 0.5) is 5.13 Å². The van der Waals surface area contributed by atoms with Gasteiger partial charge < -0.3 is 10.2 Å². The number of benzene rings is 1. The number of likely N-dealkylation sites (tertiary alicyclic amines) is 1. The summed E-state index contributed by atoms with van der Waals surface area (Å²) < 4.78 is 1.04. The van der Waals surface area contributed by atoms with Crippen LogP contribution in [0, 0.1) is 5.92 Å². The van der Waals surface area contributed by atoms with Gasteiger partial charge in [-0.3, -0.25) is 9.59 Å². The van der Waals surface area contributed by atoms with Crippen molar-refractivity contribution in [2.75, 3.05) is 18.4 Å². The molecule has 5 nitrogen and oxygen atoms in total. The minimum Gasteiger partial charge on any atom is -0.343 e. The van der Waals surface area contributed by atoms with Gasteiger partial charge in [-0.1, -0.05) is 31.3 Å². The Hall–Kier alpha value is -1.95. The van der Waals surface area contributed by atoms with Gasteiger partial charge in [-0.25, -0.2) is 4.98 Å². The molecule has 1 aliphatic heterocycles. The maximum atomic E-state index is 12.4. The molecule has 0 unspecified atom stereocenters. The molecule has 0 saturated carbocycles. The highest BCUT2D eigenvalue weighted by Gasteiger charge is 2.19. The lowest BCUT2D eigenvalue weighted by Gasteiger charge is -2.30. The lowest BCUT2D eigenvalue weighted by Crippen LogP contribution is -2.37. The summed E-state index contributed by atoms with van der Waals surface area (Å²) in [5, 5.41) is 3.44. The number of carbonyl (C=O) groups excluding carboxylic acids is 2. The second-order valence-electron chi connectivity index (χ2n) is 6.79. The van der Waals surface area contributed by atoms with Gasteiger partial charge in [0.1, 0.15) is 0 Å². The van der Waals surface area contributed by atoms with Crippen LogP contribution in [0.25, 0.3) is 10.2 Å². The Morgan fingerprint density at radius 1 is 1.32 bits per heavy atom. The summed E-state index contributed by atoms with van der Waals surface area (Å²) in [6.07, 6.45) is 3.97. The Morgan fingerprint density at radius 2 is 2.08 bits per heavy atom. The molecule has 1 N–H and O–H groups in total. The second-order valence-corrected chi connectivity index (χ2v) is 7.82. The first-order chi connectivity index (χ1) is 12.0. The largest absolute Gasteiger partial charge is 0.343 e. The van der Waals surface area contributed by atoms with E-state index in [1.54, 1.807) is 0 Å². The van der Waals surface area contributed by atoms with Gasteiger partial charge in [-0.15, -0.1) is 0 Å². The van der Waals surface area contributed by atoms with Gasteiger partial charge in [0, 0.05) is 25.9 Å². The molecular weight excluding hydrogens is 334 g/mol. The Balaban J connectivity index is 1.60. The van der Waals surface area contributed by atoms with E-state index in [1.807, 2.05) is 24.0 Å². The van der Waals surface area contributed by atoms with Gasteiger partial charge in [0.15, 0.2) is 5.13 Å². The standard InChI is InChI=1S/C19H25N3O2S/c1-3-17(23)21-19-20-15-6-4-14(12-16(15)25-19)5-7-18(24)22-10-8-13(2)9-11-22/h4,6,12-13H,3,5,7-11H2,1-2H3,(H,20,21,23). The smallest absolute Gasteiger partial charge is 0.225 e. The predicted octanol–water partition coefficient (Wildman–Crippen LogP) is 3.84.